The number of anilines is 1. The summed E-state index contributed by atoms with van der Waals surface area (Å²) in [5.41, 5.74) is 2.89. The molecule has 0 saturated carbocycles. The van der Waals surface area contributed by atoms with E-state index in [9.17, 15) is 4.79 Å². The lowest BCUT2D eigenvalue weighted by atomic mass is 9.89. The van der Waals surface area contributed by atoms with Gasteiger partial charge in [0.05, 0.1) is 25.3 Å². The standard InChI is InChI=1S/C23H28N2O4S/c1-6-28-21(26)15-8-7-14(2)18(11-15)24-22(30)25-19-13-23(3,4)29-20-12-16(27-5)9-10-17(19)20/h7-12,19H,6,13H2,1-5H3,(H2,24,25,30)/t19-/m1/s1. The Balaban J connectivity index is 1.78. The van der Waals surface area contributed by atoms with Crippen LogP contribution in [0.3, 0.4) is 0 Å². The van der Waals surface area contributed by atoms with E-state index in [1.54, 1.807) is 26.2 Å². The number of thiocarbonyl (C=S) groups is 1. The average molecular weight is 429 g/mol. The van der Waals surface area contributed by atoms with Gasteiger partial charge in [0.2, 0.25) is 0 Å². The predicted octanol–water partition coefficient (Wildman–Crippen LogP) is 4.77. The molecule has 1 aliphatic rings. The van der Waals surface area contributed by atoms with Gasteiger partial charge in [0, 0.05) is 23.7 Å². The van der Waals surface area contributed by atoms with Crippen molar-refractivity contribution in [3.05, 3.63) is 53.1 Å². The first-order valence-corrected chi connectivity index (χ1v) is 10.4. The van der Waals surface area contributed by atoms with E-state index in [0.717, 1.165) is 34.7 Å². The molecule has 1 atom stereocenters. The van der Waals surface area contributed by atoms with E-state index in [1.165, 1.54) is 0 Å². The van der Waals surface area contributed by atoms with Crippen LogP contribution >= 0.6 is 12.2 Å². The fourth-order valence-electron chi connectivity index (χ4n) is 3.50. The second-order valence-electron chi connectivity index (χ2n) is 7.87. The van der Waals surface area contributed by atoms with Crippen molar-refractivity contribution in [1.82, 2.24) is 5.32 Å². The van der Waals surface area contributed by atoms with Gasteiger partial charge in [-0.3, -0.25) is 0 Å². The van der Waals surface area contributed by atoms with Crippen LogP contribution in [-0.2, 0) is 4.74 Å². The van der Waals surface area contributed by atoms with Gasteiger partial charge in [0.15, 0.2) is 5.11 Å². The Labute approximate surface area is 182 Å². The van der Waals surface area contributed by atoms with Gasteiger partial charge < -0.3 is 24.8 Å². The highest BCUT2D eigenvalue weighted by Gasteiger charge is 2.34. The minimum Gasteiger partial charge on any atom is -0.497 e. The van der Waals surface area contributed by atoms with Crippen LogP contribution in [0.2, 0.25) is 0 Å². The van der Waals surface area contributed by atoms with Gasteiger partial charge in [-0.1, -0.05) is 6.07 Å². The zero-order valence-electron chi connectivity index (χ0n) is 18.0. The van der Waals surface area contributed by atoms with E-state index in [1.807, 2.05) is 45.0 Å². The molecule has 3 rings (SSSR count). The molecule has 30 heavy (non-hydrogen) atoms. The first kappa shape index (κ1) is 21.9. The molecule has 0 fully saturated rings. The molecule has 7 heteroatoms. The molecule has 0 spiro atoms. The molecule has 2 aromatic carbocycles. The Morgan fingerprint density at radius 1 is 1.27 bits per heavy atom. The number of nitrogens with one attached hydrogen (secondary N) is 2. The molecule has 1 aliphatic heterocycles. The van der Waals surface area contributed by atoms with Crippen LogP contribution in [0.5, 0.6) is 11.5 Å². The summed E-state index contributed by atoms with van der Waals surface area (Å²) < 4.78 is 16.6. The summed E-state index contributed by atoms with van der Waals surface area (Å²) in [5, 5.41) is 7.10. The summed E-state index contributed by atoms with van der Waals surface area (Å²) >= 11 is 5.59. The van der Waals surface area contributed by atoms with E-state index in [0.29, 0.717) is 17.3 Å². The highest BCUT2D eigenvalue weighted by Crippen LogP contribution is 2.41. The number of hydrogen-bond donors (Lipinski definition) is 2. The summed E-state index contributed by atoms with van der Waals surface area (Å²) in [6, 6.07) is 11.2. The quantitative estimate of drug-likeness (QED) is 0.525. The Bertz CT molecular complexity index is 958. The van der Waals surface area contributed by atoms with Crippen molar-refractivity contribution >= 4 is 29.0 Å². The number of methoxy groups -OCH3 is 1. The first-order chi connectivity index (χ1) is 14.2. The molecular formula is C23H28N2O4S. The Hall–Kier alpha value is -2.80. The van der Waals surface area contributed by atoms with Crippen LogP contribution in [0, 0.1) is 6.92 Å². The van der Waals surface area contributed by atoms with Gasteiger partial charge in [0.1, 0.15) is 17.1 Å². The van der Waals surface area contributed by atoms with Crippen LogP contribution in [0.1, 0.15) is 54.7 Å². The zero-order valence-corrected chi connectivity index (χ0v) is 18.8. The van der Waals surface area contributed by atoms with Gasteiger partial charge in [-0.25, -0.2) is 4.79 Å². The van der Waals surface area contributed by atoms with Gasteiger partial charge in [-0.05, 0) is 69.7 Å². The fraction of sp³-hybridized carbons (Fsp3) is 0.391. The number of hydrogen-bond acceptors (Lipinski definition) is 5. The summed E-state index contributed by atoms with van der Waals surface area (Å²) in [5.74, 6) is 1.18. The molecule has 6 nitrogen and oxygen atoms in total. The second kappa shape index (κ2) is 8.92. The molecule has 2 aromatic rings. The van der Waals surface area contributed by atoms with E-state index < -0.39 is 0 Å². The number of carbonyl (C=O) groups excluding carboxylic acids is 1. The predicted molar refractivity (Wildman–Crippen MR) is 122 cm³/mol. The molecule has 0 radical (unpaired) electrons. The largest absolute Gasteiger partial charge is 0.497 e. The number of carbonyl (C=O) groups is 1. The van der Waals surface area contributed by atoms with Gasteiger partial charge in [0.25, 0.3) is 0 Å². The summed E-state index contributed by atoms with van der Waals surface area (Å²) in [6.07, 6.45) is 0.746. The minimum absolute atomic E-state index is 0.0248. The van der Waals surface area contributed by atoms with Crippen molar-refractivity contribution < 1.29 is 19.0 Å². The number of ether oxygens (including phenoxy) is 3. The number of fused-ring (bicyclic) bond motifs is 1. The van der Waals surface area contributed by atoms with E-state index in [-0.39, 0.29) is 17.6 Å². The molecule has 0 unspecified atom stereocenters. The highest BCUT2D eigenvalue weighted by molar-refractivity contribution is 7.80. The van der Waals surface area contributed by atoms with Crippen molar-refractivity contribution in [2.45, 2.75) is 45.8 Å². The highest BCUT2D eigenvalue weighted by atomic mass is 32.1. The van der Waals surface area contributed by atoms with Gasteiger partial charge >= 0.3 is 5.97 Å². The normalized spacial score (nSPS) is 16.6. The molecule has 0 saturated heterocycles. The van der Waals surface area contributed by atoms with Crippen LogP contribution in [0.15, 0.2) is 36.4 Å². The SMILES string of the molecule is CCOC(=O)c1ccc(C)c(NC(=S)N[C@@H]2CC(C)(C)Oc3cc(OC)ccc32)c1. The third-order valence-electron chi connectivity index (χ3n) is 4.98. The maximum absolute atomic E-state index is 12.0. The van der Waals surface area contributed by atoms with Crippen LogP contribution in [-0.4, -0.2) is 30.4 Å². The summed E-state index contributed by atoms with van der Waals surface area (Å²) in [7, 11) is 1.64. The molecule has 1 heterocycles. The van der Waals surface area contributed by atoms with Crippen molar-refractivity contribution in [1.29, 1.82) is 0 Å². The van der Waals surface area contributed by atoms with E-state index in [4.69, 9.17) is 26.4 Å². The van der Waals surface area contributed by atoms with Crippen LogP contribution in [0.4, 0.5) is 5.69 Å². The molecule has 2 N–H and O–H groups in total. The lowest BCUT2D eigenvalue weighted by Crippen LogP contribution is -2.42. The van der Waals surface area contributed by atoms with Gasteiger partial charge in [-0.2, -0.15) is 0 Å². The Kier molecular flexibility index (Phi) is 6.51. The summed E-state index contributed by atoms with van der Waals surface area (Å²) in [4.78, 5) is 12.0. The molecular weight excluding hydrogens is 400 g/mol. The smallest absolute Gasteiger partial charge is 0.338 e. The average Bonchev–Trinajstić information content (AvgIpc) is 2.68. The molecule has 0 aromatic heterocycles. The first-order valence-electron chi connectivity index (χ1n) is 9.94. The fourth-order valence-corrected chi connectivity index (χ4v) is 3.75. The minimum atomic E-state index is -0.355. The number of rotatable bonds is 5. The van der Waals surface area contributed by atoms with E-state index >= 15 is 0 Å². The van der Waals surface area contributed by atoms with Crippen molar-refractivity contribution in [2.24, 2.45) is 0 Å². The summed E-state index contributed by atoms with van der Waals surface area (Å²) in [6.45, 7) is 8.17. The van der Waals surface area contributed by atoms with Crippen molar-refractivity contribution in [3.8, 4) is 11.5 Å². The maximum Gasteiger partial charge on any atom is 0.338 e. The van der Waals surface area contributed by atoms with Gasteiger partial charge in [-0.15, -0.1) is 0 Å². The third-order valence-corrected chi connectivity index (χ3v) is 5.20. The van der Waals surface area contributed by atoms with Crippen LogP contribution in [0.25, 0.3) is 0 Å². The molecule has 0 aliphatic carbocycles. The third kappa shape index (κ3) is 5.02. The van der Waals surface area contributed by atoms with E-state index in [2.05, 4.69) is 10.6 Å². The monoisotopic (exact) mass is 428 g/mol. The Morgan fingerprint density at radius 3 is 2.73 bits per heavy atom. The van der Waals surface area contributed by atoms with Crippen molar-refractivity contribution in [3.63, 3.8) is 0 Å². The molecule has 160 valence electrons. The Morgan fingerprint density at radius 2 is 2.03 bits per heavy atom. The van der Waals surface area contributed by atoms with Crippen molar-refractivity contribution in [2.75, 3.05) is 19.0 Å². The number of benzene rings is 2. The molecule has 0 amide bonds. The lowest BCUT2D eigenvalue weighted by molar-refractivity contribution is 0.0526. The topological polar surface area (TPSA) is 68.8 Å². The second-order valence-corrected chi connectivity index (χ2v) is 8.28. The number of aryl methyl sites for hydroxylation is 1. The van der Waals surface area contributed by atoms with Crippen LogP contribution < -0.4 is 20.1 Å². The number of esters is 1. The zero-order chi connectivity index (χ0) is 21.9. The lowest BCUT2D eigenvalue weighted by Gasteiger charge is -2.38. The molecule has 0 bridgehead atoms. The maximum atomic E-state index is 12.0.